The smallest absolute Gasteiger partial charge is 0.230 e. The van der Waals surface area contributed by atoms with Crippen molar-refractivity contribution in [3.05, 3.63) is 24.3 Å². The van der Waals surface area contributed by atoms with Crippen molar-refractivity contribution in [3.8, 4) is 0 Å². The molecule has 10 heteroatoms. The summed E-state index contributed by atoms with van der Waals surface area (Å²) in [5.41, 5.74) is 0.175. The molecule has 4 atom stereocenters. The molecule has 4 N–H and O–H groups in total. The van der Waals surface area contributed by atoms with Gasteiger partial charge >= 0.3 is 0 Å². The summed E-state index contributed by atoms with van der Waals surface area (Å²) in [5, 5.41) is 10.6. The van der Waals surface area contributed by atoms with Crippen LogP contribution in [0.2, 0.25) is 0 Å². The van der Waals surface area contributed by atoms with Gasteiger partial charge in [0.2, 0.25) is 29.5 Å². The Bertz CT molecular complexity index is 1010. The molecule has 2 heterocycles. The fourth-order valence-electron chi connectivity index (χ4n) is 5.55. The molecule has 2 saturated heterocycles. The van der Waals surface area contributed by atoms with Gasteiger partial charge in [0, 0.05) is 17.3 Å². The van der Waals surface area contributed by atoms with Crippen LogP contribution in [0.4, 0.5) is 11.4 Å². The lowest BCUT2D eigenvalue weighted by atomic mass is 9.96. The summed E-state index contributed by atoms with van der Waals surface area (Å²) < 4.78 is 0. The van der Waals surface area contributed by atoms with E-state index < -0.39 is 35.1 Å². The maximum Gasteiger partial charge on any atom is 0.230 e. The number of nitrogens with one attached hydrogen (secondary N) is 4. The Morgan fingerprint density at radius 3 is 1.78 bits per heavy atom. The third-order valence-corrected chi connectivity index (χ3v) is 7.20. The lowest BCUT2D eigenvalue weighted by Gasteiger charge is -2.26. The maximum absolute atomic E-state index is 12.6. The van der Waals surface area contributed by atoms with Gasteiger partial charge in [-0.2, -0.15) is 0 Å². The van der Waals surface area contributed by atoms with E-state index in [1.807, 2.05) is 0 Å². The number of amides is 5. The van der Waals surface area contributed by atoms with Gasteiger partial charge in [0.25, 0.3) is 0 Å². The zero-order chi connectivity index (χ0) is 22.6. The van der Waals surface area contributed by atoms with E-state index in [2.05, 4.69) is 21.3 Å². The molecule has 5 amide bonds. The molecule has 2 saturated carbocycles. The summed E-state index contributed by atoms with van der Waals surface area (Å²) in [5.74, 6) is -3.77. The number of hydrogen-bond acceptors (Lipinski definition) is 7. The summed E-state index contributed by atoms with van der Waals surface area (Å²) in [7, 11) is 0. The lowest BCUT2D eigenvalue weighted by molar-refractivity contribution is -0.128. The summed E-state index contributed by atoms with van der Waals surface area (Å²) in [6.07, 6.45) is 1.95. The highest BCUT2D eigenvalue weighted by molar-refractivity contribution is 6.07. The van der Waals surface area contributed by atoms with Gasteiger partial charge in [-0.25, -0.2) is 0 Å². The summed E-state index contributed by atoms with van der Waals surface area (Å²) >= 11 is 0. The molecule has 4 aliphatic rings. The van der Waals surface area contributed by atoms with Gasteiger partial charge in [-0.05, 0) is 49.9 Å². The molecule has 1 aromatic carbocycles. The van der Waals surface area contributed by atoms with Crippen LogP contribution in [0.25, 0.3) is 0 Å². The molecule has 32 heavy (non-hydrogen) atoms. The van der Waals surface area contributed by atoms with Crippen molar-refractivity contribution < 1.29 is 28.8 Å². The molecule has 166 valence electrons. The van der Waals surface area contributed by atoms with Crippen LogP contribution >= 0.6 is 0 Å². The predicted molar refractivity (Wildman–Crippen MR) is 110 cm³/mol. The number of benzene rings is 1. The number of fused-ring (bicyclic) bond motifs is 2. The highest BCUT2D eigenvalue weighted by Gasteiger charge is 2.55. The largest absolute Gasteiger partial charge is 0.373 e. The fraction of sp³-hybridized carbons (Fsp3) is 0.455. The first-order chi connectivity index (χ1) is 15.3. The second-order valence-electron chi connectivity index (χ2n) is 9.18. The van der Waals surface area contributed by atoms with Gasteiger partial charge in [0.05, 0.1) is 29.2 Å². The number of carbonyl (C=O) groups excluding carboxylic acids is 6. The standard InChI is InChI=1S/C22H22N4O6/c27-9-22(7-15-16(8-22)21(32)25-20(15)31)26-12-3-1-11(2-4-12)23-17(28)10-5-13-14(6-10)19(30)24-18(13)29/h1-4,9-10,13-16,26H,5-8H2,(H,23,28)(H,24,29,30)(H,25,31,32). The number of rotatable bonds is 5. The Morgan fingerprint density at radius 2 is 1.28 bits per heavy atom. The fourth-order valence-corrected chi connectivity index (χ4v) is 5.55. The minimum atomic E-state index is -0.998. The average molecular weight is 438 g/mol. The van der Waals surface area contributed by atoms with E-state index in [-0.39, 0.29) is 42.4 Å². The van der Waals surface area contributed by atoms with Gasteiger partial charge in [0.15, 0.2) is 0 Å². The average Bonchev–Trinajstić information content (AvgIpc) is 3.49. The summed E-state index contributed by atoms with van der Waals surface area (Å²) in [6.45, 7) is 0. The van der Waals surface area contributed by atoms with Crippen LogP contribution < -0.4 is 21.3 Å². The Morgan fingerprint density at radius 1 is 0.812 bits per heavy atom. The minimum absolute atomic E-state index is 0.238. The van der Waals surface area contributed by atoms with Crippen LogP contribution in [-0.2, 0) is 28.8 Å². The quantitative estimate of drug-likeness (QED) is 0.372. The molecule has 2 aliphatic heterocycles. The molecular weight excluding hydrogens is 416 g/mol. The van der Waals surface area contributed by atoms with E-state index in [9.17, 15) is 28.8 Å². The first-order valence-electron chi connectivity index (χ1n) is 10.6. The number of hydrogen-bond donors (Lipinski definition) is 4. The molecule has 0 spiro atoms. The number of carbonyl (C=O) groups is 6. The van der Waals surface area contributed by atoms with E-state index in [0.717, 1.165) is 6.29 Å². The van der Waals surface area contributed by atoms with Crippen LogP contribution in [0.3, 0.4) is 0 Å². The highest BCUT2D eigenvalue weighted by Crippen LogP contribution is 2.43. The second kappa shape index (κ2) is 7.25. The Balaban J connectivity index is 1.21. The van der Waals surface area contributed by atoms with E-state index in [1.54, 1.807) is 24.3 Å². The van der Waals surface area contributed by atoms with E-state index in [4.69, 9.17) is 0 Å². The minimum Gasteiger partial charge on any atom is -0.373 e. The lowest BCUT2D eigenvalue weighted by Crippen LogP contribution is -2.40. The monoisotopic (exact) mass is 438 g/mol. The van der Waals surface area contributed by atoms with Crippen molar-refractivity contribution in [3.63, 3.8) is 0 Å². The predicted octanol–water partition coefficient (Wildman–Crippen LogP) is -0.0439. The Hall–Kier alpha value is -3.56. The number of aldehydes is 1. The van der Waals surface area contributed by atoms with Gasteiger partial charge in [-0.3, -0.25) is 34.6 Å². The third kappa shape index (κ3) is 3.26. The van der Waals surface area contributed by atoms with Crippen LogP contribution in [-0.4, -0.2) is 41.4 Å². The summed E-state index contributed by atoms with van der Waals surface area (Å²) in [4.78, 5) is 71.9. The van der Waals surface area contributed by atoms with Crippen molar-refractivity contribution in [1.82, 2.24) is 10.6 Å². The molecule has 5 rings (SSSR count). The Kier molecular flexibility index (Phi) is 4.61. The zero-order valence-corrected chi connectivity index (χ0v) is 17.1. The maximum atomic E-state index is 12.6. The highest BCUT2D eigenvalue weighted by atomic mass is 16.2. The van der Waals surface area contributed by atoms with Crippen molar-refractivity contribution in [1.29, 1.82) is 0 Å². The Labute approximate surface area is 182 Å². The van der Waals surface area contributed by atoms with E-state index in [1.165, 1.54) is 0 Å². The molecule has 0 aromatic heterocycles. The molecule has 0 radical (unpaired) electrons. The molecule has 10 nitrogen and oxygen atoms in total. The van der Waals surface area contributed by atoms with Crippen molar-refractivity contribution in [2.24, 2.45) is 29.6 Å². The first kappa shape index (κ1) is 20.3. The van der Waals surface area contributed by atoms with Crippen molar-refractivity contribution >= 4 is 47.2 Å². The molecule has 1 aromatic rings. The normalized spacial score (nSPS) is 35.2. The first-order valence-corrected chi connectivity index (χ1v) is 10.6. The molecule has 0 bridgehead atoms. The third-order valence-electron chi connectivity index (χ3n) is 7.20. The SMILES string of the molecule is O=CC1(Nc2ccc(NC(=O)C3CC4C(=O)NC(=O)C4C3)cc2)CC2C(=O)NC(=O)C2C1. The van der Waals surface area contributed by atoms with Gasteiger partial charge in [-0.1, -0.05) is 0 Å². The van der Waals surface area contributed by atoms with Gasteiger partial charge in [-0.15, -0.1) is 0 Å². The molecule has 4 fully saturated rings. The number of imide groups is 2. The number of anilines is 2. The summed E-state index contributed by atoms with van der Waals surface area (Å²) in [6, 6.07) is 6.77. The molecule has 4 unspecified atom stereocenters. The van der Waals surface area contributed by atoms with Crippen LogP contribution in [0.1, 0.15) is 25.7 Å². The van der Waals surface area contributed by atoms with Crippen LogP contribution in [0.15, 0.2) is 24.3 Å². The molecule has 2 aliphatic carbocycles. The molecular formula is C22H22N4O6. The van der Waals surface area contributed by atoms with Crippen molar-refractivity contribution in [2.45, 2.75) is 31.2 Å². The van der Waals surface area contributed by atoms with E-state index >= 15 is 0 Å². The van der Waals surface area contributed by atoms with Gasteiger partial charge in [0.1, 0.15) is 6.29 Å². The van der Waals surface area contributed by atoms with Gasteiger partial charge < -0.3 is 15.4 Å². The van der Waals surface area contributed by atoms with E-state index in [0.29, 0.717) is 24.2 Å². The topological polar surface area (TPSA) is 151 Å². The second-order valence-corrected chi connectivity index (χ2v) is 9.18. The van der Waals surface area contributed by atoms with Crippen LogP contribution in [0.5, 0.6) is 0 Å². The zero-order valence-electron chi connectivity index (χ0n) is 17.1. The van der Waals surface area contributed by atoms with Crippen LogP contribution in [0, 0.1) is 29.6 Å². The van der Waals surface area contributed by atoms with Crippen molar-refractivity contribution in [2.75, 3.05) is 10.6 Å².